The maximum absolute atomic E-state index is 11.4. The molecular weight excluding hydrogens is 362 g/mol. The molecule has 5 N–H and O–H groups in total. The third-order valence-corrected chi connectivity index (χ3v) is 4.55. The first-order valence-electron chi connectivity index (χ1n) is 9.15. The van der Waals surface area contributed by atoms with Gasteiger partial charge in [-0.1, -0.05) is 13.8 Å². The van der Waals surface area contributed by atoms with Crippen molar-refractivity contribution >= 4 is 17.5 Å². The van der Waals surface area contributed by atoms with E-state index in [0.717, 1.165) is 12.8 Å². The second-order valence-corrected chi connectivity index (χ2v) is 7.86. The number of H-pyrrole nitrogens is 2. The van der Waals surface area contributed by atoms with Crippen LogP contribution in [0.15, 0.2) is 22.1 Å². The van der Waals surface area contributed by atoms with Crippen LogP contribution in [-0.4, -0.2) is 54.0 Å². The molecule has 0 bridgehead atoms. The van der Waals surface area contributed by atoms with Gasteiger partial charge in [0.15, 0.2) is 11.1 Å². The van der Waals surface area contributed by atoms with Crippen LogP contribution in [0.1, 0.15) is 32.4 Å². The summed E-state index contributed by atoms with van der Waals surface area (Å²) in [4.78, 5) is 25.5. The molecule has 3 heterocycles. The molecule has 10 nitrogen and oxygen atoms in total. The smallest absolute Gasteiger partial charge is 0.326 e. The van der Waals surface area contributed by atoms with Crippen molar-refractivity contribution < 1.29 is 10.2 Å². The molecule has 148 valence electrons. The van der Waals surface area contributed by atoms with Gasteiger partial charge in [-0.25, -0.2) is 9.78 Å². The van der Waals surface area contributed by atoms with Crippen LogP contribution in [0.3, 0.4) is 0 Å². The predicted molar refractivity (Wildman–Crippen MR) is 103 cm³/mol. The molecule has 3 aromatic heterocycles. The Kier molecular flexibility index (Phi) is 4.42. The van der Waals surface area contributed by atoms with Crippen LogP contribution in [0, 0.1) is 5.41 Å². The lowest BCUT2D eigenvalue weighted by atomic mass is 9.95. The standard InChI is InChI=1S/C18H23N7O3/c1-18(2,9-26)8-19-13-6-14(21-11-3-4-11)25-15(23-13)10(7-20-25)5-12-16(27)24-17(28)22-12/h5-7,11,19,26-27H,3-4,8-9H2,1-2H3,(H2,22,24,28)/b10-5-,21-14?. The molecule has 0 radical (unpaired) electrons. The third kappa shape index (κ3) is 3.77. The SMILES string of the molecule is CC(C)(CO)CNc1cc(=NC2CC2)n2nc/c(=C/c3[nH]c(=O)[nH]c3O)c2n1. The monoisotopic (exact) mass is 385 g/mol. The summed E-state index contributed by atoms with van der Waals surface area (Å²) in [5.41, 5.74) is 0.692. The molecule has 0 saturated heterocycles. The largest absolute Gasteiger partial charge is 0.493 e. The minimum Gasteiger partial charge on any atom is -0.493 e. The summed E-state index contributed by atoms with van der Waals surface area (Å²) in [7, 11) is 0. The zero-order chi connectivity index (χ0) is 19.9. The highest BCUT2D eigenvalue weighted by Crippen LogP contribution is 2.22. The Morgan fingerprint density at radius 3 is 2.86 bits per heavy atom. The van der Waals surface area contributed by atoms with E-state index in [-0.39, 0.29) is 23.6 Å². The van der Waals surface area contributed by atoms with Crippen molar-refractivity contribution in [3.63, 3.8) is 0 Å². The van der Waals surface area contributed by atoms with E-state index in [1.54, 1.807) is 16.8 Å². The fourth-order valence-electron chi connectivity index (χ4n) is 2.67. The molecule has 0 unspecified atom stereocenters. The molecule has 0 spiro atoms. The zero-order valence-corrected chi connectivity index (χ0v) is 15.7. The topological polar surface area (TPSA) is 144 Å². The minimum absolute atomic E-state index is 0.0490. The van der Waals surface area contributed by atoms with Crippen LogP contribution in [0.4, 0.5) is 5.82 Å². The number of aliphatic hydroxyl groups excluding tert-OH is 1. The number of hydrogen-bond donors (Lipinski definition) is 5. The lowest BCUT2D eigenvalue weighted by Gasteiger charge is -2.22. The first kappa shape index (κ1) is 18.2. The number of rotatable bonds is 6. The number of nitrogens with one attached hydrogen (secondary N) is 3. The fraction of sp³-hybridized carbons (Fsp3) is 0.444. The first-order valence-corrected chi connectivity index (χ1v) is 9.15. The van der Waals surface area contributed by atoms with Crippen LogP contribution in [0.2, 0.25) is 0 Å². The molecule has 1 aliphatic carbocycles. The number of aromatic hydroxyl groups is 1. The van der Waals surface area contributed by atoms with E-state index in [1.807, 2.05) is 19.9 Å². The van der Waals surface area contributed by atoms with Crippen LogP contribution in [0.5, 0.6) is 5.88 Å². The summed E-state index contributed by atoms with van der Waals surface area (Å²) in [6.45, 7) is 4.50. The van der Waals surface area contributed by atoms with E-state index >= 15 is 0 Å². The van der Waals surface area contributed by atoms with E-state index < -0.39 is 5.69 Å². The predicted octanol–water partition coefficient (Wildman–Crippen LogP) is -0.508. The van der Waals surface area contributed by atoms with Gasteiger partial charge in [-0.2, -0.15) is 9.61 Å². The van der Waals surface area contributed by atoms with Crippen molar-refractivity contribution in [2.45, 2.75) is 32.7 Å². The lowest BCUT2D eigenvalue weighted by Crippen LogP contribution is -2.28. The number of aliphatic hydroxyl groups is 1. The van der Waals surface area contributed by atoms with E-state index in [0.29, 0.717) is 34.8 Å². The highest BCUT2D eigenvalue weighted by Gasteiger charge is 2.21. The molecule has 1 fully saturated rings. The summed E-state index contributed by atoms with van der Waals surface area (Å²) in [6.07, 6.45) is 5.33. The molecule has 1 saturated carbocycles. The zero-order valence-electron chi connectivity index (χ0n) is 15.7. The van der Waals surface area contributed by atoms with Crippen molar-refractivity contribution in [2.75, 3.05) is 18.5 Å². The molecule has 0 amide bonds. The number of aromatic amines is 2. The van der Waals surface area contributed by atoms with Gasteiger partial charge in [-0.3, -0.25) is 9.98 Å². The molecule has 10 heteroatoms. The number of hydrogen-bond acceptors (Lipinski definition) is 7. The van der Waals surface area contributed by atoms with Gasteiger partial charge >= 0.3 is 5.69 Å². The maximum atomic E-state index is 11.4. The van der Waals surface area contributed by atoms with Gasteiger partial charge in [0.25, 0.3) is 0 Å². The Morgan fingerprint density at radius 1 is 1.43 bits per heavy atom. The number of imidazole rings is 1. The second-order valence-electron chi connectivity index (χ2n) is 7.86. The van der Waals surface area contributed by atoms with E-state index in [4.69, 9.17) is 4.99 Å². The summed E-state index contributed by atoms with van der Waals surface area (Å²) in [6, 6.07) is 2.14. The van der Waals surface area contributed by atoms with Crippen LogP contribution in [0.25, 0.3) is 11.7 Å². The van der Waals surface area contributed by atoms with Gasteiger partial charge in [0.1, 0.15) is 11.5 Å². The quantitative estimate of drug-likeness (QED) is 0.387. The average Bonchev–Trinajstić information content (AvgIpc) is 3.29. The average molecular weight is 385 g/mol. The summed E-state index contributed by atoms with van der Waals surface area (Å²) in [5, 5.41) is 27.6. The Morgan fingerprint density at radius 2 is 2.21 bits per heavy atom. The molecule has 0 aromatic carbocycles. The van der Waals surface area contributed by atoms with Crippen LogP contribution >= 0.6 is 0 Å². The molecular formula is C18H23N7O3. The molecule has 0 aliphatic heterocycles. The molecule has 1 aliphatic rings. The highest BCUT2D eigenvalue weighted by atomic mass is 16.3. The molecule has 3 aromatic rings. The Balaban J connectivity index is 1.83. The van der Waals surface area contributed by atoms with Crippen molar-refractivity contribution in [2.24, 2.45) is 10.4 Å². The number of nitrogens with zero attached hydrogens (tertiary/aromatic N) is 4. The van der Waals surface area contributed by atoms with Crippen molar-refractivity contribution in [3.05, 3.63) is 39.1 Å². The van der Waals surface area contributed by atoms with Gasteiger partial charge < -0.3 is 20.5 Å². The highest BCUT2D eigenvalue weighted by molar-refractivity contribution is 5.57. The Hall–Kier alpha value is -3.14. The van der Waals surface area contributed by atoms with Crippen LogP contribution in [-0.2, 0) is 0 Å². The second kappa shape index (κ2) is 6.79. The summed E-state index contributed by atoms with van der Waals surface area (Å²) in [5.74, 6) is 0.376. The normalized spacial score (nSPS) is 16.2. The van der Waals surface area contributed by atoms with Gasteiger partial charge in [0.05, 0.1) is 12.2 Å². The Bertz CT molecular complexity index is 1180. The van der Waals surface area contributed by atoms with Gasteiger partial charge in [0, 0.05) is 29.9 Å². The summed E-state index contributed by atoms with van der Waals surface area (Å²) < 4.78 is 1.65. The first-order chi connectivity index (χ1) is 13.3. The number of anilines is 1. The van der Waals surface area contributed by atoms with Gasteiger partial charge in [-0.05, 0) is 18.9 Å². The van der Waals surface area contributed by atoms with Crippen molar-refractivity contribution in [1.82, 2.24) is 24.6 Å². The van der Waals surface area contributed by atoms with Crippen molar-refractivity contribution in [1.29, 1.82) is 0 Å². The molecule has 4 rings (SSSR count). The molecule has 28 heavy (non-hydrogen) atoms. The van der Waals surface area contributed by atoms with Gasteiger partial charge in [0.2, 0.25) is 5.88 Å². The van der Waals surface area contributed by atoms with Crippen molar-refractivity contribution in [3.8, 4) is 5.88 Å². The third-order valence-electron chi connectivity index (χ3n) is 4.55. The van der Waals surface area contributed by atoms with E-state index in [2.05, 4.69) is 25.4 Å². The maximum Gasteiger partial charge on any atom is 0.326 e. The fourth-order valence-corrected chi connectivity index (χ4v) is 2.67. The number of aromatic nitrogens is 5. The molecule has 0 atom stereocenters. The van der Waals surface area contributed by atoms with E-state index in [1.165, 1.54) is 0 Å². The number of fused-ring (bicyclic) bond motifs is 1. The minimum atomic E-state index is -0.494. The van der Waals surface area contributed by atoms with E-state index in [9.17, 15) is 15.0 Å². The lowest BCUT2D eigenvalue weighted by molar-refractivity contribution is 0.170. The van der Waals surface area contributed by atoms with Crippen LogP contribution < -0.4 is 21.7 Å². The summed E-state index contributed by atoms with van der Waals surface area (Å²) >= 11 is 0. The Labute approximate surface area is 159 Å². The van der Waals surface area contributed by atoms with Gasteiger partial charge in [-0.15, -0.1) is 0 Å².